The number of nitrogens with two attached hydrogens (primary N) is 1. The summed E-state index contributed by atoms with van der Waals surface area (Å²) in [6, 6.07) is 5.39. The van der Waals surface area contributed by atoms with Crippen LogP contribution in [-0.4, -0.2) is 9.97 Å². The molecule has 0 atom stereocenters. The van der Waals surface area contributed by atoms with Crippen LogP contribution in [0.2, 0.25) is 5.02 Å². The molecule has 82 valence electrons. The van der Waals surface area contributed by atoms with Gasteiger partial charge in [-0.15, -0.1) is 0 Å². The summed E-state index contributed by atoms with van der Waals surface area (Å²) in [7, 11) is 0. The predicted molar refractivity (Wildman–Crippen MR) is 66.8 cm³/mol. The van der Waals surface area contributed by atoms with Gasteiger partial charge in [-0.25, -0.2) is 9.97 Å². The lowest BCUT2D eigenvalue weighted by atomic mass is 10.3. The Morgan fingerprint density at radius 1 is 1.25 bits per heavy atom. The molecule has 0 amide bonds. The first-order chi connectivity index (χ1) is 7.65. The van der Waals surface area contributed by atoms with Crippen LogP contribution in [0.1, 0.15) is 5.56 Å². The second-order valence-electron chi connectivity index (χ2n) is 3.33. The normalized spacial score (nSPS) is 10.4. The second kappa shape index (κ2) is 4.72. The van der Waals surface area contributed by atoms with E-state index >= 15 is 0 Å². The van der Waals surface area contributed by atoms with E-state index in [9.17, 15) is 0 Å². The van der Waals surface area contributed by atoms with Crippen molar-refractivity contribution in [2.75, 3.05) is 5.73 Å². The highest BCUT2D eigenvalue weighted by molar-refractivity contribution is 7.99. The summed E-state index contributed by atoms with van der Waals surface area (Å²) >= 11 is 7.25. The first-order valence-corrected chi connectivity index (χ1v) is 5.86. The van der Waals surface area contributed by atoms with Crippen molar-refractivity contribution in [1.29, 1.82) is 0 Å². The minimum atomic E-state index is 0.631. The third kappa shape index (κ3) is 2.65. The molecule has 0 spiro atoms. The van der Waals surface area contributed by atoms with Crippen molar-refractivity contribution in [3.63, 3.8) is 0 Å². The minimum Gasteiger partial charge on any atom is -0.398 e. The van der Waals surface area contributed by atoms with Gasteiger partial charge in [0.05, 0.1) is 0 Å². The number of aromatic nitrogens is 2. The molecule has 0 bridgehead atoms. The molecule has 0 saturated heterocycles. The van der Waals surface area contributed by atoms with Gasteiger partial charge in [-0.05, 0) is 42.4 Å². The second-order valence-corrected chi connectivity index (χ2v) is 4.77. The van der Waals surface area contributed by atoms with Gasteiger partial charge in [0.15, 0.2) is 5.16 Å². The molecule has 2 N–H and O–H groups in total. The van der Waals surface area contributed by atoms with Gasteiger partial charge in [0, 0.05) is 28.0 Å². The molecule has 2 rings (SSSR count). The maximum absolute atomic E-state index is 5.84. The van der Waals surface area contributed by atoms with Crippen LogP contribution >= 0.6 is 23.4 Å². The van der Waals surface area contributed by atoms with E-state index in [-0.39, 0.29) is 0 Å². The zero-order valence-electron chi connectivity index (χ0n) is 8.64. The summed E-state index contributed by atoms with van der Waals surface area (Å²) in [6.07, 6.45) is 3.56. The Kier molecular flexibility index (Phi) is 3.31. The number of rotatable bonds is 2. The van der Waals surface area contributed by atoms with Crippen LogP contribution in [0.4, 0.5) is 5.69 Å². The van der Waals surface area contributed by atoms with E-state index in [0.29, 0.717) is 15.9 Å². The van der Waals surface area contributed by atoms with Gasteiger partial charge in [-0.2, -0.15) is 0 Å². The molecule has 1 aromatic carbocycles. The molecule has 1 aromatic heterocycles. The molecule has 0 aliphatic rings. The fraction of sp³-hybridized carbons (Fsp3) is 0.0909. The molecule has 0 aliphatic carbocycles. The van der Waals surface area contributed by atoms with Crippen molar-refractivity contribution in [3.05, 3.63) is 41.2 Å². The summed E-state index contributed by atoms with van der Waals surface area (Å²) in [5.41, 5.74) is 7.51. The van der Waals surface area contributed by atoms with Gasteiger partial charge in [0.1, 0.15) is 0 Å². The molecule has 16 heavy (non-hydrogen) atoms. The van der Waals surface area contributed by atoms with E-state index in [1.54, 1.807) is 24.5 Å². The molecule has 0 aliphatic heterocycles. The number of hydrogen-bond acceptors (Lipinski definition) is 4. The Morgan fingerprint density at radius 3 is 2.56 bits per heavy atom. The average molecular weight is 252 g/mol. The van der Waals surface area contributed by atoms with Crippen LogP contribution in [0.5, 0.6) is 0 Å². The smallest absolute Gasteiger partial charge is 0.192 e. The van der Waals surface area contributed by atoms with E-state index in [1.807, 2.05) is 13.0 Å². The first kappa shape index (κ1) is 11.2. The van der Waals surface area contributed by atoms with Gasteiger partial charge in [-0.3, -0.25) is 0 Å². The Balaban J connectivity index is 2.23. The number of aryl methyl sites for hydroxylation is 1. The van der Waals surface area contributed by atoms with Crippen molar-refractivity contribution in [1.82, 2.24) is 9.97 Å². The minimum absolute atomic E-state index is 0.631. The predicted octanol–water partition coefficient (Wildman–Crippen LogP) is 3.17. The Labute approximate surface area is 103 Å². The number of halogens is 1. The molecule has 5 heteroatoms. The zero-order valence-corrected chi connectivity index (χ0v) is 10.2. The maximum atomic E-state index is 5.84. The summed E-state index contributed by atoms with van der Waals surface area (Å²) in [5, 5.41) is 1.31. The Morgan fingerprint density at radius 2 is 1.94 bits per heavy atom. The molecule has 3 nitrogen and oxygen atoms in total. The summed E-state index contributed by atoms with van der Waals surface area (Å²) in [4.78, 5) is 9.31. The Hall–Kier alpha value is -1.26. The van der Waals surface area contributed by atoms with Crippen molar-refractivity contribution in [2.45, 2.75) is 17.0 Å². The molecule has 0 unspecified atom stereocenters. The summed E-state index contributed by atoms with van der Waals surface area (Å²) in [5.74, 6) is 0. The number of nitrogens with zero attached hydrogens (tertiary/aromatic N) is 2. The van der Waals surface area contributed by atoms with Crippen LogP contribution in [0.25, 0.3) is 0 Å². The maximum Gasteiger partial charge on any atom is 0.192 e. The largest absolute Gasteiger partial charge is 0.398 e. The molecule has 0 fully saturated rings. The quantitative estimate of drug-likeness (QED) is 0.658. The lowest BCUT2D eigenvalue weighted by Crippen LogP contribution is -1.90. The van der Waals surface area contributed by atoms with Crippen molar-refractivity contribution in [3.8, 4) is 0 Å². The zero-order chi connectivity index (χ0) is 11.5. The van der Waals surface area contributed by atoms with Crippen LogP contribution in [0, 0.1) is 6.92 Å². The lowest BCUT2D eigenvalue weighted by molar-refractivity contribution is 0.950. The van der Waals surface area contributed by atoms with E-state index < -0.39 is 0 Å². The molecular weight excluding hydrogens is 242 g/mol. The lowest BCUT2D eigenvalue weighted by Gasteiger charge is -2.04. The van der Waals surface area contributed by atoms with Gasteiger partial charge in [0.2, 0.25) is 0 Å². The fourth-order valence-corrected chi connectivity index (χ4v) is 2.04. The topological polar surface area (TPSA) is 51.8 Å². The highest BCUT2D eigenvalue weighted by atomic mass is 35.5. The van der Waals surface area contributed by atoms with E-state index in [0.717, 1.165) is 10.5 Å². The van der Waals surface area contributed by atoms with Gasteiger partial charge in [-0.1, -0.05) is 11.6 Å². The highest BCUT2D eigenvalue weighted by Gasteiger charge is 2.04. The Bertz CT molecular complexity index is 499. The SMILES string of the molecule is Cc1cnc(Sc2ccc(Cl)cc2N)nc1. The highest BCUT2D eigenvalue weighted by Crippen LogP contribution is 2.31. The molecular formula is C11H10ClN3S. The van der Waals surface area contributed by atoms with Crippen molar-refractivity contribution in [2.24, 2.45) is 0 Å². The van der Waals surface area contributed by atoms with Gasteiger partial charge in [0.25, 0.3) is 0 Å². The standard InChI is InChI=1S/C11H10ClN3S/c1-7-5-14-11(15-6-7)16-10-3-2-8(12)4-9(10)13/h2-6H,13H2,1H3. The molecule has 2 aromatic rings. The van der Waals surface area contributed by atoms with E-state index in [2.05, 4.69) is 9.97 Å². The van der Waals surface area contributed by atoms with Crippen LogP contribution in [-0.2, 0) is 0 Å². The number of benzene rings is 1. The summed E-state index contributed by atoms with van der Waals surface area (Å²) in [6.45, 7) is 1.95. The molecule has 1 heterocycles. The number of anilines is 1. The summed E-state index contributed by atoms with van der Waals surface area (Å²) < 4.78 is 0. The van der Waals surface area contributed by atoms with Gasteiger partial charge < -0.3 is 5.73 Å². The van der Waals surface area contributed by atoms with Crippen LogP contribution < -0.4 is 5.73 Å². The molecule has 0 radical (unpaired) electrons. The van der Waals surface area contributed by atoms with Crippen LogP contribution in [0.15, 0.2) is 40.6 Å². The number of nitrogen functional groups attached to an aromatic ring is 1. The monoisotopic (exact) mass is 251 g/mol. The first-order valence-electron chi connectivity index (χ1n) is 4.66. The van der Waals surface area contributed by atoms with Crippen LogP contribution in [0.3, 0.4) is 0 Å². The van der Waals surface area contributed by atoms with Crippen molar-refractivity contribution < 1.29 is 0 Å². The van der Waals surface area contributed by atoms with E-state index in [1.165, 1.54) is 11.8 Å². The molecule has 0 saturated carbocycles. The van der Waals surface area contributed by atoms with Gasteiger partial charge >= 0.3 is 0 Å². The van der Waals surface area contributed by atoms with Crippen molar-refractivity contribution >= 4 is 29.1 Å². The third-order valence-corrected chi connectivity index (χ3v) is 3.15. The fourth-order valence-electron chi connectivity index (χ4n) is 1.14. The third-order valence-electron chi connectivity index (χ3n) is 1.93. The number of hydrogen-bond donors (Lipinski definition) is 1. The van der Waals surface area contributed by atoms with E-state index in [4.69, 9.17) is 17.3 Å². The average Bonchev–Trinajstić information content (AvgIpc) is 2.25.